The minimum atomic E-state index is -0.211. The van der Waals surface area contributed by atoms with Crippen LogP contribution in [0.25, 0.3) is 0 Å². The van der Waals surface area contributed by atoms with Crippen LogP contribution in [0.1, 0.15) is 51.5 Å². The van der Waals surface area contributed by atoms with E-state index in [-0.39, 0.29) is 23.9 Å². The van der Waals surface area contributed by atoms with E-state index < -0.39 is 0 Å². The summed E-state index contributed by atoms with van der Waals surface area (Å²) in [6.07, 6.45) is 5.25. The van der Waals surface area contributed by atoms with Gasteiger partial charge in [-0.2, -0.15) is 0 Å². The summed E-state index contributed by atoms with van der Waals surface area (Å²) < 4.78 is 5.32. The van der Waals surface area contributed by atoms with Crippen molar-refractivity contribution in [1.82, 2.24) is 0 Å². The lowest BCUT2D eigenvalue weighted by Gasteiger charge is -2.14. The normalized spacial score (nSPS) is 12.1. The Bertz CT molecular complexity index is 442. The molecule has 1 atom stereocenters. The van der Waals surface area contributed by atoms with E-state index in [1.807, 2.05) is 0 Å². The fourth-order valence-electron chi connectivity index (χ4n) is 2.15. The number of rotatable bonds is 9. The van der Waals surface area contributed by atoms with Gasteiger partial charge >= 0.3 is 5.97 Å². The second kappa shape index (κ2) is 9.27. The van der Waals surface area contributed by atoms with Crippen molar-refractivity contribution in [3.63, 3.8) is 0 Å². The van der Waals surface area contributed by atoms with Crippen LogP contribution in [0, 0.1) is 5.92 Å². The molecule has 0 heterocycles. The third kappa shape index (κ3) is 6.52. The predicted octanol–water partition coefficient (Wildman–Crippen LogP) is 3.79. The molecule has 0 radical (unpaired) electrons. The maximum atomic E-state index is 11.7. The number of unbranched alkanes of at least 4 members (excludes halogenated alkanes) is 1. The molecular formula is C17H26O4. The lowest BCUT2D eigenvalue weighted by molar-refractivity contribution is -0.145. The molecule has 0 aromatic heterocycles. The number of carbonyl (C=O) groups is 1. The molecule has 4 heteroatoms. The van der Waals surface area contributed by atoms with Crippen LogP contribution in [-0.4, -0.2) is 22.8 Å². The first-order valence-corrected chi connectivity index (χ1v) is 7.73. The van der Waals surface area contributed by atoms with E-state index in [0.717, 1.165) is 24.8 Å². The number of ether oxygens (including phenoxy) is 1. The van der Waals surface area contributed by atoms with Gasteiger partial charge in [0.05, 0.1) is 6.61 Å². The number of esters is 1. The monoisotopic (exact) mass is 294 g/mol. The molecule has 0 saturated heterocycles. The number of benzene rings is 1. The first kappa shape index (κ1) is 17.3. The molecule has 0 bridgehead atoms. The third-order valence-electron chi connectivity index (χ3n) is 3.68. The maximum Gasteiger partial charge on any atom is 0.306 e. The molecule has 0 aliphatic carbocycles. The predicted molar refractivity (Wildman–Crippen MR) is 82.4 cm³/mol. The Morgan fingerprint density at radius 3 is 2.62 bits per heavy atom. The van der Waals surface area contributed by atoms with Crippen molar-refractivity contribution in [3.8, 4) is 11.5 Å². The Morgan fingerprint density at radius 1 is 1.24 bits per heavy atom. The van der Waals surface area contributed by atoms with E-state index in [1.165, 1.54) is 18.6 Å². The fourth-order valence-corrected chi connectivity index (χ4v) is 2.15. The molecule has 1 rings (SSSR count). The lowest BCUT2D eigenvalue weighted by Crippen LogP contribution is -2.14. The maximum absolute atomic E-state index is 11.7. The topological polar surface area (TPSA) is 66.8 Å². The van der Waals surface area contributed by atoms with Gasteiger partial charge in [-0.1, -0.05) is 39.2 Å². The summed E-state index contributed by atoms with van der Waals surface area (Å²) in [7, 11) is 0. The minimum absolute atomic E-state index is 0.150. The largest absolute Gasteiger partial charge is 0.504 e. The Balaban J connectivity index is 2.31. The number of phenols is 2. The van der Waals surface area contributed by atoms with Gasteiger partial charge in [-0.05, 0) is 36.5 Å². The molecule has 1 unspecified atom stereocenters. The van der Waals surface area contributed by atoms with Gasteiger partial charge in [-0.15, -0.1) is 0 Å². The van der Waals surface area contributed by atoms with Crippen LogP contribution in [0.4, 0.5) is 0 Å². The van der Waals surface area contributed by atoms with Gasteiger partial charge in [-0.3, -0.25) is 4.79 Å². The van der Waals surface area contributed by atoms with Gasteiger partial charge in [0.1, 0.15) is 0 Å². The highest BCUT2D eigenvalue weighted by molar-refractivity contribution is 5.69. The molecule has 2 N–H and O–H groups in total. The van der Waals surface area contributed by atoms with Crippen molar-refractivity contribution < 1.29 is 19.7 Å². The van der Waals surface area contributed by atoms with E-state index in [9.17, 15) is 15.0 Å². The van der Waals surface area contributed by atoms with Crippen LogP contribution >= 0.6 is 0 Å². The Labute approximate surface area is 126 Å². The molecule has 118 valence electrons. The summed E-state index contributed by atoms with van der Waals surface area (Å²) in [5.41, 5.74) is 0.806. The first-order chi connectivity index (χ1) is 10.1. The van der Waals surface area contributed by atoms with Crippen molar-refractivity contribution in [3.05, 3.63) is 23.8 Å². The molecule has 0 amide bonds. The van der Waals surface area contributed by atoms with Crippen molar-refractivity contribution in [2.75, 3.05) is 6.61 Å². The number of aryl methyl sites for hydroxylation is 1. The SMILES string of the molecule is CCCCC(CC)COC(=O)CCc1ccc(O)c(O)c1. The zero-order valence-corrected chi connectivity index (χ0v) is 13.0. The van der Waals surface area contributed by atoms with Crippen LogP contribution in [0.5, 0.6) is 11.5 Å². The summed E-state index contributed by atoms with van der Waals surface area (Å²) in [5.74, 6) is -0.0707. The molecule has 1 aromatic rings. The quantitative estimate of drug-likeness (QED) is 0.537. The summed E-state index contributed by atoms with van der Waals surface area (Å²) in [4.78, 5) is 11.7. The zero-order chi connectivity index (χ0) is 15.7. The third-order valence-corrected chi connectivity index (χ3v) is 3.68. The second-order valence-corrected chi connectivity index (χ2v) is 5.42. The standard InChI is InChI=1S/C17H26O4/c1-3-5-6-13(4-2)12-21-17(20)10-8-14-7-9-15(18)16(19)11-14/h7,9,11,13,18-19H,3-6,8,10,12H2,1-2H3. The van der Waals surface area contributed by atoms with Crippen molar-refractivity contribution in [1.29, 1.82) is 0 Å². The Morgan fingerprint density at radius 2 is 2.00 bits per heavy atom. The molecule has 0 spiro atoms. The average molecular weight is 294 g/mol. The van der Waals surface area contributed by atoms with Gasteiger partial charge in [-0.25, -0.2) is 0 Å². The van der Waals surface area contributed by atoms with Crippen LogP contribution in [0.15, 0.2) is 18.2 Å². The summed E-state index contributed by atoms with van der Waals surface area (Å²) in [6, 6.07) is 4.59. The van der Waals surface area contributed by atoms with Gasteiger partial charge in [0.15, 0.2) is 11.5 Å². The number of aromatic hydroxyl groups is 2. The van der Waals surface area contributed by atoms with Gasteiger partial charge < -0.3 is 14.9 Å². The highest BCUT2D eigenvalue weighted by atomic mass is 16.5. The van der Waals surface area contributed by atoms with Crippen molar-refractivity contribution in [2.45, 2.75) is 52.4 Å². The summed E-state index contributed by atoms with van der Waals surface area (Å²) in [6.45, 7) is 4.77. The molecule has 21 heavy (non-hydrogen) atoms. The van der Waals surface area contributed by atoms with E-state index >= 15 is 0 Å². The van der Waals surface area contributed by atoms with Gasteiger partial charge in [0.25, 0.3) is 0 Å². The van der Waals surface area contributed by atoms with E-state index in [1.54, 1.807) is 6.07 Å². The first-order valence-electron chi connectivity index (χ1n) is 7.73. The molecule has 4 nitrogen and oxygen atoms in total. The van der Waals surface area contributed by atoms with E-state index in [4.69, 9.17) is 4.74 Å². The highest BCUT2D eigenvalue weighted by Crippen LogP contribution is 2.25. The van der Waals surface area contributed by atoms with E-state index in [0.29, 0.717) is 18.9 Å². The van der Waals surface area contributed by atoms with E-state index in [2.05, 4.69) is 13.8 Å². The number of hydrogen-bond acceptors (Lipinski definition) is 4. The number of carbonyl (C=O) groups excluding carboxylic acids is 1. The minimum Gasteiger partial charge on any atom is -0.504 e. The molecule has 0 aliphatic rings. The smallest absolute Gasteiger partial charge is 0.306 e. The molecule has 0 fully saturated rings. The van der Waals surface area contributed by atoms with Crippen LogP contribution in [0.3, 0.4) is 0 Å². The fraction of sp³-hybridized carbons (Fsp3) is 0.588. The van der Waals surface area contributed by atoms with Crippen molar-refractivity contribution in [2.24, 2.45) is 5.92 Å². The highest BCUT2D eigenvalue weighted by Gasteiger charge is 2.10. The Hall–Kier alpha value is -1.71. The second-order valence-electron chi connectivity index (χ2n) is 5.42. The van der Waals surface area contributed by atoms with Gasteiger partial charge in [0.2, 0.25) is 0 Å². The Kier molecular flexibility index (Phi) is 7.65. The summed E-state index contributed by atoms with van der Waals surface area (Å²) in [5, 5.41) is 18.6. The number of hydrogen-bond donors (Lipinski definition) is 2. The van der Waals surface area contributed by atoms with Crippen LogP contribution < -0.4 is 0 Å². The lowest BCUT2D eigenvalue weighted by atomic mass is 10.0. The van der Waals surface area contributed by atoms with Crippen molar-refractivity contribution >= 4 is 5.97 Å². The zero-order valence-electron chi connectivity index (χ0n) is 13.0. The number of phenolic OH excluding ortho intramolecular Hbond substituents is 2. The van der Waals surface area contributed by atoms with Gasteiger partial charge in [0, 0.05) is 6.42 Å². The molecule has 0 saturated carbocycles. The molecule has 0 aliphatic heterocycles. The van der Waals surface area contributed by atoms with Crippen LogP contribution in [0.2, 0.25) is 0 Å². The molecular weight excluding hydrogens is 268 g/mol. The van der Waals surface area contributed by atoms with Crippen LogP contribution in [-0.2, 0) is 16.0 Å². The average Bonchev–Trinajstić information content (AvgIpc) is 2.48. The molecule has 1 aromatic carbocycles. The summed E-state index contributed by atoms with van der Waals surface area (Å²) >= 11 is 0.